The largest absolute Gasteiger partial charge is 0.494 e. The van der Waals surface area contributed by atoms with E-state index < -0.39 is 10.0 Å². The predicted octanol–water partition coefficient (Wildman–Crippen LogP) is 2.41. The monoisotopic (exact) mass is 362 g/mol. The summed E-state index contributed by atoms with van der Waals surface area (Å²) in [5, 5.41) is 2.82. The number of benzene rings is 2. The molecule has 0 fully saturated rings. The number of carbonyl (C=O) groups excluding carboxylic acids is 1. The summed E-state index contributed by atoms with van der Waals surface area (Å²) < 4.78 is 30.1. The van der Waals surface area contributed by atoms with E-state index in [0.717, 1.165) is 21.9 Å². The van der Waals surface area contributed by atoms with Crippen LogP contribution in [-0.4, -0.2) is 34.2 Å². The van der Waals surface area contributed by atoms with Gasteiger partial charge in [0, 0.05) is 13.6 Å². The minimum absolute atomic E-state index is 0.302. The summed E-state index contributed by atoms with van der Waals surface area (Å²) in [6, 6.07) is 14.1. The molecular formula is C18H22N2O4S. The molecule has 0 aliphatic heterocycles. The molecule has 0 aromatic heterocycles. The zero-order valence-corrected chi connectivity index (χ0v) is 15.3. The van der Waals surface area contributed by atoms with Crippen LogP contribution in [-0.2, 0) is 16.6 Å². The predicted molar refractivity (Wildman–Crippen MR) is 98.5 cm³/mol. The average molecular weight is 362 g/mol. The fourth-order valence-electron chi connectivity index (χ4n) is 2.31. The van der Waals surface area contributed by atoms with Crippen molar-refractivity contribution in [3.63, 3.8) is 0 Å². The van der Waals surface area contributed by atoms with Crippen LogP contribution < -0.4 is 14.4 Å². The third-order valence-electron chi connectivity index (χ3n) is 3.65. The average Bonchev–Trinajstić information content (AvgIpc) is 2.59. The van der Waals surface area contributed by atoms with Crippen molar-refractivity contribution in [3.05, 3.63) is 59.7 Å². The molecule has 6 nitrogen and oxygen atoms in total. The molecule has 1 N–H and O–H groups in total. The molecule has 0 aliphatic carbocycles. The second-order valence-corrected chi connectivity index (χ2v) is 7.52. The van der Waals surface area contributed by atoms with Gasteiger partial charge in [-0.1, -0.05) is 24.3 Å². The van der Waals surface area contributed by atoms with Gasteiger partial charge in [0.15, 0.2) is 0 Å². The van der Waals surface area contributed by atoms with Crippen molar-refractivity contribution in [3.8, 4) is 5.75 Å². The Morgan fingerprint density at radius 2 is 1.88 bits per heavy atom. The molecule has 1 amide bonds. The molecule has 2 aromatic rings. The van der Waals surface area contributed by atoms with Crippen molar-refractivity contribution in [2.24, 2.45) is 0 Å². The molecule has 0 heterocycles. The van der Waals surface area contributed by atoms with E-state index in [-0.39, 0.29) is 5.91 Å². The Hall–Kier alpha value is -2.54. The van der Waals surface area contributed by atoms with Gasteiger partial charge in [-0.15, -0.1) is 0 Å². The van der Waals surface area contributed by atoms with Gasteiger partial charge in [-0.25, -0.2) is 8.42 Å². The molecule has 2 rings (SSSR count). The van der Waals surface area contributed by atoms with Gasteiger partial charge < -0.3 is 10.1 Å². The normalized spacial score (nSPS) is 11.0. The highest BCUT2D eigenvalue weighted by Gasteiger charge is 2.19. The molecule has 0 saturated heterocycles. The summed E-state index contributed by atoms with van der Waals surface area (Å²) in [4.78, 5) is 12.5. The molecule has 0 spiro atoms. The first-order chi connectivity index (χ1) is 11.8. The van der Waals surface area contributed by atoms with Gasteiger partial charge in [-0.05, 0) is 36.8 Å². The summed E-state index contributed by atoms with van der Waals surface area (Å²) in [5.41, 5.74) is 1.54. The molecule has 0 unspecified atom stereocenters. The lowest BCUT2D eigenvalue weighted by atomic mass is 10.1. The number of amides is 1. The van der Waals surface area contributed by atoms with Crippen LogP contribution in [0.5, 0.6) is 5.75 Å². The number of rotatable bonds is 7. The lowest BCUT2D eigenvalue weighted by molar-refractivity contribution is 0.0951. The molecule has 7 heteroatoms. The van der Waals surface area contributed by atoms with Crippen LogP contribution in [0.1, 0.15) is 22.8 Å². The molecule has 0 atom stereocenters. The van der Waals surface area contributed by atoms with Crippen molar-refractivity contribution in [1.29, 1.82) is 0 Å². The number of sulfonamides is 1. The number of para-hydroxylation sites is 1. The quantitative estimate of drug-likeness (QED) is 0.821. The first kappa shape index (κ1) is 18.8. The van der Waals surface area contributed by atoms with Gasteiger partial charge in [0.05, 0.1) is 24.1 Å². The van der Waals surface area contributed by atoms with Crippen LogP contribution in [0.15, 0.2) is 48.5 Å². The zero-order chi connectivity index (χ0) is 18.4. The van der Waals surface area contributed by atoms with Crippen LogP contribution >= 0.6 is 0 Å². The maximum absolute atomic E-state index is 12.5. The molecular weight excluding hydrogens is 340 g/mol. The second-order valence-electron chi connectivity index (χ2n) is 5.51. The Kier molecular flexibility index (Phi) is 6.03. The lowest BCUT2D eigenvalue weighted by Crippen LogP contribution is -2.29. The Labute approximate surface area is 148 Å². The number of nitrogens with zero attached hydrogens (tertiary/aromatic N) is 1. The molecule has 0 bridgehead atoms. The number of nitrogens with one attached hydrogen (secondary N) is 1. The maximum Gasteiger partial charge on any atom is 0.253 e. The molecule has 0 saturated carbocycles. The van der Waals surface area contributed by atoms with E-state index in [1.807, 2.05) is 31.2 Å². The van der Waals surface area contributed by atoms with Crippen molar-refractivity contribution >= 4 is 21.6 Å². The van der Waals surface area contributed by atoms with Crippen molar-refractivity contribution in [2.45, 2.75) is 13.5 Å². The van der Waals surface area contributed by atoms with Crippen molar-refractivity contribution in [1.82, 2.24) is 5.32 Å². The molecule has 134 valence electrons. The van der Waals surface area contributed by atoms with Gasteiger partial charge >= 0.3 is 0 Å². The minimum Gasteiger partial charge on any atom is -0.494 e. The Morgan fingerprint density at radius 1 is 1.16 bits per heavy atom. The van der Waals surface area contributed by atoms with Gasteiger partial charge in [0.1, 0.15) is 5.75 Å². The molecule has 0 radical (unpaired) electrons. The fraction of sp³-hybridized carbons (Fsp3) is 0.278. The van der Waals surface area contributed by atoms with Crippen LogP contribution in [0.25, 0.3) is 0 Å². The van der Waals surface area contributed by atoms with E-state index in [4.69, 9.17) is 4.74 Å². The third-order valence-corrected chi connectivity index (χ3v) is 4.84. The number of carbonyl (C=O) groups is 1. The maximum atomic E-state index is 12.5. The van der Waals surface area contributed by atoms with Gasteiger partial charge in [-0.2, -0.15) is 0 Å². The van der Waals surface area contributed by atoms with E-state index >= 15 is 0 Å². The summed E-state index contributed by atoms with van der Waals surface area (Å²) >= 11 is 0. The molecule has 0 aliphatic rings. The van der Waals surface area contributed by atoms with E-state index in [9.17, 15) is 13.2 Å². The second kappa shape index (κ2) is 8.02. The highest BCUT2D eigenvalue weighted by molar-refractivity contribution is 7.92. The standard InChI is InChI=1S/C18H22N2O4S/c1-4-24-15-9-7-8-14(12-15)13-19-18(21)16-10-5-6-11-17(16)20(2)25(3,22)23/h5-12H,4,13H2,1-3H3,(H,19,21). The van der Waals surface area contributed by atoms with E-state index in [1.54, 1.807) is 24.3 Å². The number of hydrogen-bond acceptors (Lipinski definition) is 4. The first-order valence-corrected chi connectivity index (χ1v) is 9.70. The van der Waals surface area contributed by atoms with Crippen LogP contribution in [0.3, 0.4) is 0 Å². The van der Waals surface area contributed by atoms with Gasteiger partial charge in [0.2, 0.25) is 10.0 Å². The lowest BCUT2D eigenvalue weighted by Gasteiger charge is -2.19. The number of hydrogen-bond donors (Lipinski definition) is 1. The van der Waals surface area contributed by atoms with Crippen molar-refractivity contribution in [2.75, 3.05) is 24.2 Å². The Morgan fingerprint density at radius 3 is 2.56 bits per heavy atom. The van der Waals surface area contributed by atoms with E-state index in [1.165, 1.54) is 7.05 Å². The van der Waals surface area contributed by atoms with Crippen molar-refractivity contribution < 1.29 is 17.9 Å². The smallest absolute Gasteiger partial charge is 0.253 e. The fourth-order valence-corrected chi connectivity index (χ4v) is 2.82. The van der Waals surface area contributed by atoms with Crippen LogP contribution in [0.4, 0.5) is 5.69 Å². The minimum atomic E-state index is -3.45. The summed E-state index contributed by atoms with van der Waals surface area (Å²) in [6.07, 6.45) is 1.10. The highest BCUT2D eigenvalue weighted by atomic mass is 32.2. The molecule has 25 heavy (non-hydrogen) atoms. The first-order valence-electron chi connectivity index (χ1n) is 7.85. The SMILES string of the molecule is CCOc1cccc(CNC(=O)c2ccccc2N(C)S(C)(=O)=O)c1. The van der Waals surface area contributed by atoms with E-state index in [0.29, 0.717) is 24.4 Å². The summed E-state index contributed by atoms with van der Waals surface area (Å²) in [7, 11) is -2.03. The Balaban J connectivity index is 2.15. The number of anilines is 1. The summed E-state index contributed by atoms with van der Waals surface area (Å²) in [6.45, 7) is 2.79. The van der Waals surface area contributed by atoms with Crippen LogP contribution in [0, 0.1) is 0 Å². The van der Waals surface area contributed by atoms with Crippen LogP contribution in [0.2, 0.25) is 0 Å². The summed E-state index contributed by atoms with van der Waals surface area (Å²) in [5.74, 6) is 0.402. The topological polar surface area (TPSA) is 75.7 Å². The van der Waals surface area contributed by atoms with Gasteiger partial charge in [-0.3, -0.25) is 9.10 Å². The van der Waals surface area contributed by atoms with E-state index in [2.05, 4.69) is 5.32 Å². The number of ether oxygens (including phenoxy) is 1. The van der Waals surface area contributed by atoms with Gasteiger partial charge in [0.25, 0.3) is 5.91 Å². The molecule has 2 aromatic carbocycles. The highest BCUT2D eigenvalue weighted by Crippen LogP contribution is 2.21. The zero-order valence-electron chi connectivity index (χ0n) is 14.5. The Bertz CT molecular complexity index is 850. The third kappa shape index (κ3) is 4.96.